The molecule has 0 aromatic heterocycles. The minimum absolute atomic E-state index is 0.0754. The zero-order valence-corrected chi connectivity index (χ0v) is 16.2. The summed E-state index contributed by atoms with van der Waals surface area (Å²) in [4.78, 5) is 12.3. The van der Waals surface area contributed by atoms with E-state index in [0.29, 0.717) is 5.69 Å². The lowest BCUT2D eigenvalue weighted by Crippen LogP contribution is -2.15. The maximum Gasteiger partial charge on any atom is 0.261 e. The van der Waals surface area contributed by atoms with E-state index < -0.39 is 15.8 Å². The van der Waals surface area contributed by atoms with Crippen LogP contribution in [0.4, 0.5) is 15.8 Å². The Bertz CT molecular complexity index is 1070. The van der Waals surface area contributed by atoms with Gasteiger partial charge in [0.25, 0.3) is 15.9 Å². The Morgan fingerprint density at radius 2 is 1.56 bits per heavy atom. The molecule has 0 aliphatic carbocycles. The number of carbonyl (C=O) groups excluding carboxylic acids is 1. The molecule has 5 nitrogen and oxygen atoms in total. The van der Waals surface area contributed by atoms with E-state index in [1.54, 1.807) is 36.4 Å². The molecule has 8 heteroatoms. The van der Waals surface area contributed by atoms with Crippen molar-refractivity contribution in [2.24, 2.45) is 0 Å². The zero-order valence-electron chi connectivity index (χ0n) is 13.8. The van der Waals surface area contributed by atoms with Crippen molar-refractivity contribution in [2.45, 2.75) is 4.90 Å². The third-order valence-electron chi connectivity index (χ3n) is 3.60. The van der Waals surface area contributed by atoms with Gasteiger partial charge in [-0.1, -0.05) is 22.0 Å². The van der Waals surface area contributed by atoms with Gasteiger partial charge in [0, 0.05) is 21.4 Å². The number of sulfonamides is 1. The van der Waals surface area contributed by atoms with Gasteiger partial charge in [-0.2, -0.15) is 0 Å². The number of benzene rings is 3. The molecule has 0 saturated heterocycles. The van der Waals surface area contributed by atoms with E-state index in [1.807, 2.05) is 0 Å². The molecule has 0 aliphatic heterocycles. The summed E-state index contributed by atoms with van der Waals surface area (Å²) in [6.07, 6.45) is 0. The maximum atomic E-state index is 13.0. The average molecular weight is 449 g/mol. The fourth-order valence-electron chi connectivity index (χ4n) is 2.29. The second-order valence-corrected chi connectivity index (χ2v) is 8.20. The lowest BCUT2D eigenvalue weighted by Gasteiger charge is -2.10. The van der Waals surface area contributed by atoms with E-state index in [2.05, 4.69) is 26.0 Å². The maximum absolute atomic E-state index is 13.0. The van der Waals surface area contributed by atoms with Crippen LogP contribution in [0.25, 0.3) is 0 Å². The van der Waals surface area contributed by atoms with Gasteiger partial charge in [-0.25, -0.2) is 12.8 Å². The van der Waals surface area contributed by atoms with Crippen LogP contribution in [-0.2, 0) is 10.0 Å². The number of carbonyl (C=O) groups is 1. The highest BCUT2D eigenvalue weighted by molar-refractivity contribution is 9.10. The minimum atomic E-state index is -3.89. The molecule has 0 spiro atoms. The molecule has 3 aromatic carbocycles. The van der Waals surface area contributed by atoms with Gasteiger partial charge in [-0.05, 0) is 66.7 Å². The Labute approximate surface area is 164 Å². The van der Waals surface area contributed by atoms with E-state index in [1.165, 1.54) is 24.3 Å². The van der Waals surface area contributed by atoms with Gasteiger partial charge in [-0.15, -0.1) is 0 Å². The van der Waals surface area contributed by atoms with Crippen molar-refractivity contribution in [2.75, 3.05) is 10.0 Å². The minimum Gasteiger partial charge on any atom is -0.322 e. The Morgan fingerprint density at radius 1 is 0.889 bits per heavy atom. The number of rotatable bonds is 5. The fourth-order valence-corrected chi connectivity index (χ4v) is 3.60. The van der Waals surface area contributed by atoms with Crippen molar-refractivity contribution in [1.29, 1.82) is 0 Å². The number of hydrogen-bond acceptors (Lipinski definition) is 3. The molecule has 0 fully saturated rings. The van der Waals surface area contributed by atoms with Crippen LogP contribution in [0.1, 0.15) is 10.4 Å². The summed E-state index contributed by atoms with van der Waals surface area (Å²) in [5.74, 6) is -0.902. The highest BCUT2D eigenvalue weighted by Crippen LogP contribution is 2.19. The van der Waals surface area contributed by atoms with Crippen LogP contribution >= 0.6 is 15.9 Å². The molecule has 0 radical (unpaired) electrons. The second-order valence-electron chi connectivity index (χ2n) is 5.60. The van der Waals surface area contributed by atoms with Crippen molar-refractivity contribution in [3.63, 3.8) is 0 Å². The zero-order chi connectivity index (χ0) is 19.4. The molecule has 3 rings (SSSR count). The molecule has 27 heavy (non-hydrogen) atoms. The third kappa shape index (κ3) is 4.93. The summed E-state index contributed by atoms with van der Waals surface area (Å²) >= 11 is 3.32. The molecule has 2 N–H and O–H groups in total. The number of hydrogen-bond donors (Lipinski definition) is 2. The summed E-state index contributed by atoms with van der Waals surface area (Å²) in [6.45, 7) is 0. The molecule has 0 bridgehead atoms. The van der Waals surface area contributed by atoms with Crippen molar-refractivity contribution in [3.8, 4) is 0 Å². The van der Waals surface area contributed by atoms with E-state index in [-0.39, 0.29) is 22.1 Å². The first kappa shape index (κ1) is 19.1. The quantitative estimate of drug-likeness (QED) is 0.596. The first-order chi connectivity index (χ1) is 12.8. The molecular weight excluding hydrogens is 435 g/mol. The predicted molar refractivity (Wildman–Crippen MR) is 106 cm³/mol. The summed E-state index contributed by atoms with van der Waals surface area (Å²) in [5, 5.41) is 2.73. The van der Waals surface area contributed by atoms with Crippen molar-refractivity contribution < 1.29 is 17.6 Å². The molecule has 1 amide bonds. The Hall–Kier alpha value is -2.71. The third-order valence-corrected chi connectivity index (χ3v) is 5.53. The van der Waals surface area contributed by atoms with E-state index in [0.717, 1.165) is 16.6 Å². The molecule has 0 unspecified atom stereocenters. The molecule has 0 aliphatic rings. The summed E-state index contributed by atoms with van der Waals surface area (Å²) in [7, 11) is -3.89. The molecule has 3 aromatic rings. The average Bonchev–Trinajstić information content (AvgIpc) is 2.64. The number of amides is 1. The normalized spacial score (nSPS) is 11.0. The Morgan fingerprint density at radius 3 is 2.22 bits per heavy atom. The summed E-state index contributed by atoms with van der Waals surface area (Å²) < 4.78 is 41.0. The number of anilines is 2. The van der Waals surface area contributed by atoms with Gasteiger partial charge in [0.1, 0.15) is 5.82 Å². The number of halogens is 2. The highest BCUT2D eigenvalue weighted by Gasteiger charge is 2.15. The van der Waals surface area contributed by atoms with Crippen molar-refractivity contribution >= 4 is 43.2 Å². The first-order valence-electron chi connectivity index (χ1n) is 7.79. The first-order valence-corrected chi connectivity index (χ1v) is 10.1. The molecule has 0 heterocycles. The monoisotopic (exact) mass is 448 g/mol. The Balaban J connectivity index is 1.77. The van der Waals surface area contributed by atoms with Crippen LogP contribution in [0.15, 0.2) is 82.2 Å². The number of nitrogens with one attached hydrogen (secondary N) is 2. The standard InChI is InChI=1S/C19H14BrFN2O3S/c20-14-4-8-16(9-5-14)22-19(24)13-2-1-3-17(12-13)23-27(25,26)18-10-6-15(21)7-11-18/h1-12,23H,(H,22,24). The Kier molecular flexibility index (Phi) is 5.57. The van der Waals surface area contributed by atoms with E-state index in [4.69, 9.17) is 0 Å². The fraction of sp³-hybridized carbons (Fsp3) is 0. The van der Waals surface area contributed by atoms with Gasteiger partial charge in [0.05, 0.1) is 4.90 Å². The van der Waals surface area contributed by atoms with Crippen LogP contribution in [-0.4, -0.2) is 14.3 Å². The predicted octanol–water partition coefficient (Wildman–Crippen LogP) is 4.64. The van der Waals surface area contributed by atoms with E-state index >= 15 is 0 Å². The molecule has 138 valence electrons. The second kappa shape index (κ2) is 7.89. The van der Waals surface area contributed by atoms with Crippen LogP contribution in [0.3, 0.4) is 0 Å². The summed E-state index contributed by atoms with van der Waals surface area (Å²) in [6, 6.07) is 17.6. The topological polar surface area (TPSA) is 75.3 Å². The smallest absolute Gasteiger partial charge is 0.261 e. The lowest BCUT2D eigenvalue weighted by atomic mass is 10.2. The summed E-state index contributed by atoms with van der Waals surface area (Å²) in [5.41, 5.74) is 1.13. The van der Waals surface area contributed by atoms with Crippen LogP contribution in [0, 0.1) is 5.82 Å². The van der Waals surface area contributed by atoms with Crippen LogP contribution in [0.5, 0.6) is 0 Å². The largest absolute Gasteiger partial charge is 0.322 e. The van der Waals surface area contributed by atoms with Crippen LogP contribution < -0.4 is 10.0 Å². The van der Waals surface area contributed by atoms with Gasteiger partial charge in [0.15, 0.2) is 0 Å². The lowest BCUT2D eigenvalue weighted by molar-refractivity contribution is 0.102. The van der Waals surface area contributed by atoms with Crippen LogP contribution in [0.2, 0.25) is 0 Å². The highest BCUT2D eigenvalue weighted by atomic mass is 79.9. The van der Waals surface area contributed by atoms with Crippen molar-refractivity contribution in [3.05, 3.63) is 88.6 Å². The van der Waals surface area contributed by atoms with Gasteiger partial charge >= 0.3 is 0 Å². The SMILES string of the molecule is O=C(Nc1ccc(Br)cc1)c1cccc(NS(=O)(=O)c2ccc(F)cc2)c1. The molecule has 0 saturated carbocycles. The van der Waals surface area contributed by atoms with Gasteiger partial charge in [0.2, 0.25) is 0 Å². The van der Waals surface area contributed by atoms with Gasteiger partial charge < -0.3 is 5.32 Å². The molecular formula is C19H14BrFN2O3S. The van der Waals surface area contributed by atoms with Crippen molar-refractivity contribution in [1.82, 2.24) is 0 Å². The van der Waals surface area contributed by atoms with E-state index in [9.17, 15) is 17.6 Å². The molecule has 0 atom stereocenters. The van der Waals surface area contributed by atoms with Gasteiger partial charge in [-0.3, -0.25) is 9.52 Å².